The summed E-state index contributed by atoms with van der Waals surface area (Å²) in [5.74, 6) is 1.43. The van der Waals surface area contributed by atoms with Crippen LogP contribution in [-0.2, 0) is 0 Å². The van der Waals surface area contributed by atoms with Crippen LogP contribution in [0.3, 0.4) is 0 Å². The van der Waals surface area contributed by atoms with E-state index in [4.69, 9.17) is 14.2 Å². The molecule has 158 valence electrons. The van der Waals surface area contributed by atoms with Crippen LogP contribution in [0.2, 0.25) is 0 Å². The number of ether oxygens (including phenoxy) is 3. The molecule has 1 heterocycles. The zero-order valence-electron chi connectivity index (χ0n) is 17.9. The van der Waals surface area contributed by atoms with Crippen molar-refractivity contribution in [1.82, 2.24) is 10.3 Å². The molecule has 0 spiro atoms. The summed E-state index contributed by atoms with van der Waals surface area (Å²) < 4.78 is 16.5. The van der Waals surface area contributed by atoms with Crippen LogP contribution in [0.5, 0.6) is 17.2 Å². The molecule has 0 bridgehead atoms. The standard InChI is InChI=1S/C24H28N2O4/c1-5-6-12-25-24(27)22-21(18(15-26-22)16-10-8-7-9-11-16)17-13-19(28-2)23(30-4)20(14-17)29-3/h7-11,13-15,26H,5-6,12H2,1-4H3,(H,25,27). The van der Waals surface area contributed by atoms with Crippen molar-refractivity contribution in [2.24, 2.45) is 0 Å². The van der Waals surface area contributed by atoms with Gasteiger partial charge in [-0.05, 0) is 29.7 Å². The van der Waals surface area contributed by atoms with E-state index >= 15 is 0 Å². The third-order valence-corrected chi connectivity index (χ3v) is 4.96. The van der Waals surface area contributed by atoms with Crippen LogP contribution in [0.1, 0.15) is 30.3 Å². The van der Waals surface area contributed by atoms with Gasteiger partial charge in [0.1, 0.15) is 5.69 Å². The zero-order valence-corrected chi connectivity index (χ0v) is 17.9. The number of carbonyl (C=O) groups is 1. The van der Waals surface area contributed by atoms with Crippen LogP contribution >= 0.6 is 0 Å². The maximum Gasteiger partial charge on any atom is 0.268 e. The lowest BCUT2D eigenvalue weighted by atomic mass is 9.95. The molecular formula is C24H28N2O4. The van der Waals surface area contributed by atoms with E-state index < -0.39 is 0 Å². The predicted octanol–water partition coefficient (Wildman–Crippen LogP) is 4.90. The van der Waals surface area contributed by atoms with E-state index in [0.29, 0.717) is 29.5 Å². The van der Waals surface area contributed by atoms with Gasteiger partial charge in [0.25, 0.3) is 5.91 Å². The molecule has 0 saturated heterocycles. The summed E-state index contributed by atoms with van der Waals surface area (Å²) in [7, 11) is 4.72. The number of aromatic nitrogens is 1. The van der Waals surface area contributed by atoms with Crippen molar-refractivity contribution < 1.29 is 19.0 Å². The van der Waals surface area contributed by atoms with Gasteiger partial charge in [-0.1, -0.05) is 43.7 Å². The Morgan fingerprint density at radius 2 is 1.63 bits per heavy atom. The lowest BCUT2D eigenvalue weighted by molar-refractivity contribution is 0.0949. The van der Waals surface area contributed by atoms with Crippen molar-refractivity contribution in [3.8, 4) is 39.5 Å². The monoisotopic (exact) mass is 408 g/mol. The molecule has 2 aromatic carbocycles. The second kappa shape index (κ2) is 9.87. The summed E-state index contributed by atoms with van der Waals surface area (Å²) in [6.07, 6.45) is 3.81. The Bertz CT molecular complexity index is 971. The predicted molar refractivity (Wildman–Crippen MR) is 119 cm³/mol. The first-order chi connectivity index (χ1) is 14.6. The molecule has 0 unspecified atom stereocenters. The topological polar surface area (TPSA) is 72.6 Å². The van der Waals surface area contributed by atoms with E-state index in [-0.39, 0.29) is 5.91 Å². The third kappa shape index (κ3) is 4.27. The highest BCUT2D eigenvalue weighted by atomic mass is 16.5. The highest BCUT2D eigenvalue weighted by Gasteiger charge is 2.23. The average molecular weight is 408 g/mol. The average Bonchev–Trinajstić information content (AvgIpc) is 3.24. The van der Waals surface area contributed by atoms with E-state index in [1.807, 2.05) is 48.7 Å². The number of rotatable bonds is 9. The molecule has 0 aliphatic rings. The van der Waals surface area contributed by atoms with Gasteiger partial charge in [0.15, 0.2) is 11.5 Å². The van der Waals surface area contributed by atoms with Crippen LogP contribution in [-0.4, -0.2) is 38.8 Å². The summed E-state index contributed by atoms with van der Waals surface area (Å²) in [5.41, 5.74) is 4.01. The first-order valence-electron chi connectivity index (χ1n) is 9.99. The number of amides is 1. The number of H-pyrrole nitrogens is 1. The first kappa shape index (κ1) is 21.3. The van der Waals surface area contributed by atoms with E-state index in [0.717, 1.165) is 35.1 Å². The van der Waals surface area contributed by atoms with E-state index in [9.17, 15) is 4.79 Å². The number of carbonyl (C=O) groups excluding carboxylic acids is 1. The fourth-order valence-electron chi connectivity index (χ4n) is 3.44. The molecule has 6 nitrogen and oxygen atoms in total. The van der Waals surface area contributed by atoms with Crippen molar-refractivity contribution in [2.45, 2.75) is 19.8 Å². The number of methoxy groups -OCH3 is 3. The summed E-state index contributed by atoms with van der Waals surface area (Å²) in [6, 6.07) is 13.7. The Morgan fingerprint density at radius 3 is 2.20 bits per heavy atom. The number of benzene rings is 2. The molecule has 3 rings (SSSR count). The highest BCUT2D eigenvalue weighted by Crippen LogP contribution is 2.44. The van der Waals surface area contributed by atoms with Gasteiger partial charge in [0.2, 0.25) is 5.75 Å². The van der Waals surface area contributed by atoms with Gasteiger partial charge in [-0.3, -0.25) is 4.79 Å². The van der Waals surface area contributed by atoms with Gasteiger partial charge in [-0.2, -0.15) is 0 Å². The molecule has 0 saturated carbocycles. The van der Waals surface area contributed by atoms with E-state index in [1.54, 1.807) is 21.3 Å². The van der Waals surface area contributed by atoms with Crippen LogP contribution in [0.15, 0.2) is 48.7 Å². The lowest BCUT2D eigenvalue weighted by Crippen LogP contribution is -2.25. The van der Waals surface area contributed by atoms with Crippen LogP contribution < -0.4 is 19.5 Å². The second-order valence-electron chi connectivity index (χ2n) is 6.84. The summed E-state index contributed by atoms with van der Waals surface area (Å²) in [4.78, 5) is 16.1. The molecular weight excluding hydrogens is 380 g/mol. The molecule has 2 N–H and O–H groups in total. The maximum atomic E-state index is 13.0. The maximum absolute atomic E-state index is 13.0. The molecule has 0 radical (unpaired) electrons. The molecule has 0 aliphatic carbocycles. The normalized spacial score (nSPS) is 10.5. The van der Waals surface area contributed by atoms with Gasteiger partial charge < -0.3 is 24.5 Å². The fourth-order valence-corrected chi connectivity index (χ4v) is 3.44. The summed E-state index contributed by atoms with van der Waals surface area (Å²) in [5, 5.41) is 3.00. The summed E-state index contributed by atoms with van der Waals surface area (Å²) in [6.45, 7) is 2.72. The van der Waals surface area contributed by atoms with Crippen molar-refractivity contribution >= 4 is 5.91 Å². The third-order valence-electron chi connectivity index (χ3n) is 4.96. The van der Waals surface area contributed by atoms with Crippen molar-refractivity contribution in [3.05, 3.63) is 54.4 Å². The van der Waals surface area contributed by atoms with Crippen LogP contribution in [0, 0.1) is 0 Å². The molecule has 0 aliphatic heterocycles. The molecule has 0 fully saturated rings. The molecule has 0 atom stereocenters. The fraction of sp³-hybridized carbons (Fsp3) is 0.292. The SMILES string of the molecule is CCCCNC(=O)c1[nH]cc(-c2ccccc2)c1-c1cc(OC)c(OC)c(OC)c1. The molecule has 3 aromatic rings. The Kier molecular flexibility index (Phi) is 7.01. The summed E-state index contributed by atoms with van der Waals surface area (Å²) >= 11 is 0. The Balaban J connectivity index is 2.18. The van der Waals surface area contributed by atoms with Gasteiger partial charge >= 0.3 is 0 Å². The lowest BCUT2D eigenvalue weighted by Gasteiger charge is -2.15. The first-order valence-corrected chi connectivity index (χ1v) is 9.99. The Labute approximate surface area is 177 Å². The number of aromatic amines is 1. The minimum Gasteiger partial charge on any atom is -0.493 e. The van der Waals surface area contributed by atoms with Crippen LogP contribution in [0.25, 0.3) is 22.3 Å². The van der Waals surface area contributed by atoms with Gasteiger partial charge in [-0.15, -0.1) is 0 Å². The zero-order chi connectivity index (χ0) is 21.5. The van der Waals surface area contributed by atoms with Crippen LogP contribution in [0.4, 0.5) is 0 Å². The number of hydrogen-bond acceptors (Lipinski definition) is 4. The van der Waals surface area contributed by atoms with Crippen molar-refractivity contribution in [2.75, 3.05) is 27.9 Å². The van der Waals surface area contributed by atoms with E-state index in [1.165, 1.54) is 0 Å². The second-order valence-corrected chi connectivity index (χ2v) is 6.84. The smallest absolute Gasteiger partial charge is 0.268 e. The molecule has 1 amide bonds. The quantitative estimate of drug-likeness (QED) is 0.494. The van der Waals surface area contributed by atoms with Gasteiger partial charge in [-0.25, -0.2) is 0 Å². The number of nitrogens with one attached hydrogen (secondary N) is 2. The highest BCUT2D eigenvalue weighted by molar-refractivity contribution is 6.04. The van der Waals surface area contributed by atoms with E-state index in [2.05, 4.69) is 17.2 Å². The Hall–Kier alpha value is -3.41. The Morgan fingerprint density at radius 1 is 0.967 bits per heavy atom. The largest absolute Gasteiger partial charge is 0.493 e. The number of hydrogen-bond donors (Lipinski definition) is 2. The van der Waals surface area contributed by atoms with Gasteiger partial charge in [0.05, 0.1) is 21.3 Å². The van der Waals surface area contributed by atoms with Crippen molar-refractivity contribution in [1.29, 1.82) is 0 Å². The minimum absolute atomic E-state index is 0.144. The minimum atomic E-state index is -0.144. The molecule has 1 aromatic heterocycles. The number of unbranched alkanes of at least 4 members (excludes halogenated alkanes) is 1. The molecule has 30 heavy (non-hydrogen) atoms. The van der Waals surface area contributed by atoms with Gasteiger partial charge in [0, 0.05) is 23.9 Å². The van der Waals surface area contributed by atoms with Crippen molar-refractivity contribution in [3.63, 3.8) is 0 Å². The molecule has 6 heteroatoms.